The predicted octanol–water partition coefficient (Wildman–Crippen LogP) is 4.02. The van der Waals surface area contributed by atoms with Gasteiger partial charge in [-0.2, -0.15) is 0 Å². The van der Waals surface area contributed by atoms with Gasteiger partial charge in [-0.05, 0) is 23.3 Å². The second-order valence-corrected chi connectivity index (χ2v) is 8.58. The average molecular weight is 520 g/mol. The van der Waals surface area contributed by atoms with E-state index in [0.717, 1.165) is 23.5 Å². The number of thiazole rings is 1. The van der Waals surface area contributed by atoms with Gasteiger partial charge in [0.1, 0.15) is 5.69 Å². The minimum absolute atomic E-state index is 0.0536. The normalized spacial score (nSPS) is 12.2. The van der Waals surface area contributed by atoms with Crippen LogP contribution in [0, 0.1) is 0 Å². The molecule has 5 N–H and O–H groups in total. The molecule has 11 heteroatoms. The van der Waals surface area contributed by atoms with Crippen molar-refractivity contribution in [2.45, 2.75) is 12.2 Å². The van der Waals surface area contributed by atoms with Crippen molar-refractivity contribution in [1.82, 2.24) is 4.98 Å². The number of aliphatic carboxylic acids is 1. The van der Waals surface area contributed by atoms with Gasteiger partial charge in [-0.3, -0.25) is 0 Å². The van der Waals surface area contributed by atoms with Crippen LogP contribution in [0.1, 0.15) is 34.6 Å². The fourth-order valence-electron chi connectivity index (χ4n) is 3.40. The van der Waals surface area contributed by atoms with Gasteiger partial charge >= 0.3 is 11.9 Å². The highest BCUT2D eigenvalue weighted by molar-refractivity contribution is 7.13. The van der Waals surface area contributed by atoms with E-state index in [0.29, 0.717) is 11.1 Å². The fraction of sp³-hybridized carbons (Fsp3) is 0.0769. The maximum atomic E-state index is 13.5. The number of nitrogens with two attached hydrogens (primary N) is 1. The zero-order valence-corrected chi connectivity index (χ0v) is 19.9. The molecule has 1 heterocycles. The average Bonchev–Trinajstić information content (AvgIpc) is 3.33. The van der Waals surface area contributed by atoms with Crippen LogP contribution >= 0.6 is 11.3 Å². The summed E-state index contributed by atoms with van der Waals surface area (Å²) in [7, 11) is 0. The quantitative estimate of drug-likeness (QED) is 0.111. The molecule has 0 spiro atoms. The number of rotatable bonds is 9. The lowest BCUT2D eigenvalue weighted by Gasteiger charge is -2.22. The topological polar surface area (TPSA) is 165 Å². The molecule has 0 saturated heterocycles. The standard InChI is InChI=1S/C26H21N3O7S/c27-26-28-18(14-37-26)21(24(32)33)29-36-23(17-11-12-19(30)20(31)13-17)25(34)35-22(15-7-3-1-4-8-15)16-9-5-2-6-10-16/h1-14,22-23,30-31H,(H2,27,28)(H,32,33)/b29-21-/t23-/m0/s1. The summed E-state index contributed by atoms with van der Waals surface area (Å²) in [5, 5.41) is 34.5. The Labute approximate surface area is 214 Å². The molecule has 188 valence electrons. The number of carbonyl (C=O) groups is 2. The second kappa shape index (κ2) is 11.2. The maximum Gasteiger partial charge on any atom is 0.360 e. The highest BCUT2D eigenvalue weighted by atomic mass is 32.1. The molecule has 4 rings (SSSR count). The molecule has 10 nitrogen and oxygen atoms in total. The molecule has 0 radical (unpaired) electrons. The number of oxime groups is 1. The van der Waals surface area contributed by atoms with Crippen molar-refractivity contribution in [3.63, 3.8) is 0 Å². The van der Waals surface area contributed by atoms with E-state index in [1.165, 1.54) is 11.4 Å². The van der Waals surface area contributed by atoms with Gasteiger partial charge in [-0.25, -0.2) is 14.6 Å². The number of esters is 1. The SMILES string of the molecule is Nc1nc(/C(=N/O[C@H](C(=O)OC(c2ccccc2)c2ccccc2)c2ccc(O)c(O)c2)C(=O)O)cs1. The zero-order valence-electron chi connectivity index (χ0n) is 19.1. The molecule has 1 atom stereocenters. The first kappa shape index (κ1) is 25.2. The van der Waals surface area contributed by atoms with Crippen molar-refractivity contribution in [3.05, 3.63) is 107 Å². The van der Waals surface area contributed by atoms with Crippen LogP contribution in [0.3, 0.4) is 0 Å². The number of carboxylic acids is 1. The largest absolute Gasteiger partial charge is 0.504 e. The lowest BCUT2D eigenvalue weighted by Crippen LogP contribution is -2.22. The fourth-order valence-corrected chi connectivity index (χ4v) is 3.95. The van der Waals surface area contributed by atoms with E-state index in [4.69, 9.17) is 15.3 Å². The molecule has 1 aromatic heterocycles. The van der Waals surface area contributed by atoms with Crippen LogP contribution in [0.2, 0.25) is 0 Å². The van der Waals surface area contributed by atoms with Crippen LogP contribution < -0.4 is 5.73 Å². The van der Waals surface area contributed by atoms with E-state index in [1.54, 1.807) is 48.5 Å². The minimum atomic E-state index is -1.60. The first-order valence-electron chi connectivity index (χ1n) is 10.8. The number of hydrogen-bond donors (Lipinski definition) is 4. The molecule has 0 aliphatic heterocycles. The molecular formula is C26H21N3O7S. The first-order valence-corrected chi connectivity index (χ1v) is 11.7. The third kappa shape index (κ3) is 6.03. The lowest BCUT2D eigenvalue weighted by molar-refractivity contribution is -0.162. The summed E-state index contributed by atoms with van der Waals surface area (Å²) in [4.78, 5) is 34.6. The smallest absolute Gasteiger partial charge is 0.360 e. The summed E-state index contributed by atoms with van der Waals surface area (Å²) in [6.45, 7) is 0. The van der Waals surface area contributed by atoms with Crippen LogP contribution in [-0.2, 0) is 19.2 Å². The van der Waals surface area contributed by atoms with Crippen LogP contribution in [0.15, 0.2) is 89.4 Å². The number of anilines is 1. The molecule has 0 fully saturated rings. The van der Waals surface area contributed by atoms with Crippen molar-refractivity contribution < 1.29 is 34.5 Å². The molecule has 0 aliphatic rings. The summed E-state index contributed by atoms with van der Waals surface area (Å²) in [5.41, 5.74) is 6.39. The van der Waals surface area contributed by atoms with Gasteiger partial charge in [0.15, 0.2) is 22.7 Å². The summed E-state index contributed by atoms with van der Waals surface area (Å²) in [6.07, 6.45) is -2.43. The summed E-state index contributed by atoms with van der Waals surface area (Å²) < 4.78 is 5.85. The first-order chi connectivity index (χ1) is 17.8. The highest BCUT2D eigenvalue weighted by Gasteiger charge is 2.30. The summed E-state index contributed by atoms with van der Waals surface area (Å²) >= 11 is 1.01. The second-order valence-electron chi connectivity index (χ2n) is 7.69. The highest BCUT2D eigenvalue weighted by Crippen LogP contribution is 2.33. The number of aromatic nitrogens is 1. The van der Waals surface area contributed by atoms with Gasteiger partial charge in [0.25, 0.3) is 0 Å². The van der Waals surface area contributed by atoms with E-state index in [1.807, 2.05) is 12.1 Å². The number of hydrogen-bond acceptors (Lipinski definition) is 10. The Hall–Kier alpha value is -4.90. The Balaban J connectivity index is 1.71. The number of phenols is 2. The Morgan fingerprint density at radius 1 is 0.892 bits per heavy atom. The van der Waals surface area contributed by atoms with Crippen molar-refractivity contribution >= 4 is 34.1 Å². The van der Waals surface area contributed by atoms with E-state index in [9.17, 15) is 24.9 Å². The Kier molecular flexibility index (Phi) is 7.65. The third-order valence-electron chi connectivity index (χ3n) is 5.17. The molecule has 4 aromatic rings. The Morgan fingerprint density at radius 2 is 1.51 bits per heavy atom. The van der Waals surface area contributed by atoms with Gasteiger partial charge in [0, 0.05) is 10.9 Å². The molecular weight excluding hydrogens is 498 g/mol. The Morgan fingerprint density at radius 3 is 2.03 bits per heavy atom. The van der Waals surface area contributed by atoms with Gasteiger partial charge in [-0.1, -0.05) is 71.9 Å². The number of ether oxygens (including phenoxy) is 1. The number of nitrogens with zero attached hydrogens (tertiary/aromatic N) is 2. The van der Waals surface area contributed by atoms with Gasteiger partial charge in [-0.15, -0.1) is 11.3 Å². The van der Waals surface area contributed by atoms with E-state index >= 15 is 0 Å². The molecule has 0 bridgehead atoms. The molecule has 0 unspecified atom stereocenters. The molecule has 37 heavy (non-hydrogen) atoms. The number of benzene rings is 3. The van der Waals surface area contributed by atoms with Crippen LogP contribution in [0.4, 0.5) is 5.13 Å². The van der Waals surface area contributed by atoms with Gasteiger partial charge < -0.3 is 30.6 Å². The molecule has 3 aromatic carbocycles. The number of nitrogen functional groups attached to an aromatic ring is 1. The molecule has 0 aliphatic carbocycles. The lowest BCUT2D eigenvalue weighted by atomic mass is 10.0. The monoisotopic (exact) mass is 519 g/mol. The molecule has 0 saturated carbocycles. The predicted molar refractivity (Wildman–Crippen MR) is 135 cm³/mol. The van der Waals surface area contributed by atoms with E-state index < -0.39 is 41.4 Å². The summed E-state index contributed by atoms with van der Waals surface area (Å²) in [5.74, 6) is -3.32. The number of phenolic OH excluding ortho intramolecular Hbond substituents is 2. The number of carboxylic acid groups (broad SMARTS) is 1. The van der Waals surface area contributed by atoms with E-state index in [2.05, 4.69) is 10.1 Å². The summed E-state index contributed by atoms with van der Waals surface area (Å²) in [6, 6.07) is 21.6. The number of aromatic hydroxyl groups is 2. The third-order valence-corrected chi connectivity index (χ3v) is 5.85. The zero-order chi connectivity index (χ0) is 26.4. The van der Waals surface area contributed by atoms with Crippen molar-refractivity contribution in [2.75, 3.05) is 5.73 Å². The van der Waals surface area contributed by atoms with Crippen molar-refractivity contribution in [3.8, 4) is 11.5 Å². The van der Waals surface area contributed by atoms with Crippen LogP contribution in [-0.4, -0.2) is 38.0 Å². The van der Waals surface area contributed by atoms with Crippen LogP contribution in [0.5, 0.6) is 11.5 Å². The van der Waals surface area contributed by atoms with Crippen molar-refractivity contribution in [1.29, 1.82) is 0 Å². The van der Waals surface area contributed by atoms with Crippen LogP contribution in [0.25, 0.3) is 0 Å². The molecule has 0 amide bonds. The maximum absolute atomic E-state index is 13.5. The minimum Gasteiger partial charge on any atom is -0.504 e. The number of carbonyl (C=O) groups excluding carboxylic acids is 1. The van der Waals surface area contributed by atoms with Gasteiger partial charge in [0.05, 0.1) is 0 Å². The Bertz CT molecular complexity index is 1390. The van der Waals surface area contributed by atoms with E-state index in [-0.39, 0.29) is 16.4 Å². The van der Waals surface area contributed by atoms with Gasteiger partial charge in [0.2, 0.25) is 11.8 Å². The van der Waals surface area contributed by atoms with Crippen molar-refractivity contribution in [2.24, 2.45) is 5.16 Å².